The summed E-state index contributed by atoms with van der Waals surface area (Å²) in [6.07, 6.45) is 7.38. The Bertz CT molecular complexity index is 889. The fraction of sp³-hybridized carbons (Fsp3) is 0.481. The summed E-state index contributed by atoms with van der Waals surface area (Å²) in [7, 11) is 3.39. The number of nitrogens with two attached hydrogens (primary N) is 1. The molecule has 0 aliphatic carbocycles. The van der Waals surface area contributed by atoms with Crippen LogP contribution in [-0.2, 0) is 25.7 Å². The molecule has 0 fully saturated rings. The second kappa shape index (κ2) is 11.9. The second-order valence-corrected chi connectivity index (χ2v) is 8.27. The van der Waals surface area contributed by atoms with Gasteiger partial charge in [-0.15, -0.1) is 0 Å². The van der Waals surface area contributed by atoms with Crippen LogP contribution in [0.3, 0.4) is 0 Å². The first-order chi connectivity index (χ1) is 15.2. The molecule has 0 atom stereocenters. The van der Waals surface area contributed by atoms with E-state index >= 15 is 0 Å². The lowest BCUT2D eigenvalue weighted by Gasteiger charge is -2.20. The van der Waals surface area contributed by atoms with Crippen LogP contribution in [0, 0.1) is 0 Å². The summed E-state index contributed by atoms with van der Waals surface area (Å²) in [5.74, 6) is 1.58. The first kappa shape index (κ1) is 23.4. The van der Waals surface area contributed by atoms with E-state index in [2.05, 4.69) is 48.6 Å². The van der Waals surface area contributed by atoms with Gasteiger partial charge >= 0.3 is 0 Å². The normalized spacial score (nSPS) is 17.2. The molecule has 1 aliphatic rings. The number of nitrogens with one attached hydrogen (secondary N) is 1. The fourth-order valence-corrected chi connectivity index (χ4v) is 4.64. The number of hydrogen-bond donors (Lipinski definition) is 2. The summed E-state index contributed by atoms with van der Waals surface area (Å²) in [5, 5.41) is 3.68. The highest BCUT2D eigenvalue weighted by molar-refractivity contribution is 5.48. The monoisotopic (exact) mass is 422 g/mol. The summed E-state index contributed by atoms with van der Waals surface area (Å²) in [6.45, 7) is 4.94. The maximum atomic E-state index is 5.90. The van der Waals surface area contributed by atoms with Crippen molar-refractivity contribution >= 4 is 0 Å². The summed E-state index contributed by atoms with van der Waals surface area (Å²) in [4.78, 5) is 0. The zero-order valence-corrected chi connectivity index (χ0v) is 19.4. The van der Waals surface area contributed by atoms with E-state index in [0.29, 0.717) is 6.54 Å². The van der Waals surface area contributed by atoms with Gasteiger partial charge in [-0.25, -0.2) is 0 Å². The van der Waals surface area contributed by atoms with Gasteiger partial charge in [0.15, 0.2) is 11.5 Å². The van der Waals surface area contributed by atoms with Crippen molar-refractivity contribution in [3.05, 3.63) is 69.8 Å². The van der Waals surface area contributed by atoms with Gasteiger partial charge < -0.3 is 20.5 Å². The third kappa shape index (κ3) is 6.11. The molecular formula is C27H38N2O2. The van der Waals surface area contributed by atoms with Gasteiger partial charge in [0.1, 0.15) is 0 Å². The van der Waals surface area contributed by atoms with Crippen LogP contribution in [0.5, 0.6) is 11.5 Å². The number of ether oxygens (including phenoxy) is 2. The van der Waals surface area contributed by atoms with Gasteiger partial charge in [-0.2, -0.15) is 0 Å². The molecule has 0 unspecified atom stereocenters. The highest BCUT2D eigenvalue weighted by Crippen LogP contribution is 2.32. The average molecular weight is 423 g/mol. The van der Waals surface area contributed by atoms with Crippen LogP contribution in [-0.4, -0.2) is 33.9 Å². The van der Waals surface area contributed by atoms with Crippen molar-refractivity contribution in [2.24, 2.45) is 5.73 Å². The minimum absolute atomic E-state index is 0.631. The molecule has 4 nitrogen and oxygen atoms in total. The molecule has 1 aliphatic heterocycles. The Kier molecular flexibility index (Phi) is 8.98. The Labute approximate surface area is 187 Å². The Hall–Kier alpha value is -2.30. The molecule has 3 N–H and O–H groups in total. The number of allylic oxidation sites excluding steroid dienone is 1. The van der Waals surface area contributed by atoms with Crippen LogP contribution in [0.4, 0.5) is 0 Å². The summed E-state index contributed by atoms with van der Waals surface area (Å²) >= 11 is 0. The molecule has 4 heteroatoms. The average Bonchev–Trinajstić information content (AvgIpc) is 2.81. The van der Waals surface area contributed by atoms with Crippen LogP contribution >= 0.6 is 0 Å². The smallest absolute Gasteiger partial charge is 0.161 e. The number of rotatable bonds is 8. The van der Waals surface area contributed by atoms with Gasteiger partial charge in [-0.3, -0.25) is 0 Å². The van der Waals surface area contributed by atoms with E-state index in [4.69, 9.17) is 15.2 Å². The molecule has 0 saturated carbocycles. The molecule has 0 saturated heterocycles. The first-order valence-electron chi connectivity index (χ1n) is 11.6. The molecule has 3 rings (SSSR count). The Morgan fingerprint density at radius 2 is 1.48 bits per heavy atom. The number of hydrogen-bond acceptors (Lipinski definition) is 4. The van der Waals surface area contributed by atoms with Gasteiger partial charge in [-0.1, -0.05) is 42.3 Å². The molecule has 0 spiro atoms. The lowest BCUT2D eigenvalue weighted by atomic mass is 9.89. The maximum Gasteiger partial charge on any atom is 0.161 e. The summed E-state index contributed by atoms with van der Waals surface area (Å²) in [5.41, 5.74) is 14.6. The molecule has 2 aromatic rings. The van der Waals surface area contributed by atoms with Crippen LogP contribution in [0.15, 0.2) is 47.5 Å². The number of methoxy groups -OCH3 is 2. The van der Waals surface area contributed by atoms with Crippen molar-refractivity contribution in [2.45, 2.75) is 51.9 Å². The second-order valence-electron chi connectivity index (χ2n) is 8.27. The standard InChI is InChI=1S/C27H38N2O2/c1-4-20-19-29-16-14-22-8-6-5-7-21(22)9-10-23(20)11-12-24-17-26(30-2)27(31-3)18-25(24)13-15-28/h5-8,17-18,29H,4,9-16,19,28H2,1-3H3/b23-20+. The first-order valence-corrected chi connectivity index (χ1v) is 11.6. The molecule has 0 aromatic heterocycles. The van der Waals surface area contributed by atoms with Crippen molar-refractivity contribution in [1.82, 2.24) is 5.32 Å². The lowest BCUT2D eigenvalue weighted by molar-refractivity contribution is 0.354. The van der Waals surface area contributed by atoms with Crippen LogP contribution in [0.2, 0.25) is 0 Å². The Morgan fingerprint density at radius 1 is 0.839 bits per heavy atom. The van der Waals surface area contributed by atoms with Crippen LogP contribution < -0.4 is 20.5 Å². The molecule has 0 bridgehead atoms. The predicted molar refractivity (Wildman–Crippen MR) is 129 cm³/mol. The highest BCUT2D eigenvalue weighted by atomic mass is 16.5. The molecule has 168 valence electrons. The fourth-order valence-electron chi connectivity index (χ4n) is 4.64. The minimum Gasteiger partial charge on any atom is -0.493 e. The number of fused-ring (bicyclic) bond motifs is 1. The van der Waals surface area contributed by atoms with Crippen molar-refractivity contribution in [2.75, 3.05) is 33.9 Å². The maximum absolute atomic E-state index is 5.90. The minimum atomic E-state index is 0.631. The van der Waals surface area contributed by atoms with Gasteiger partial charge in [0.2, 0.25) is 0 Å². The van der Waals surface area contributed by atoms with Crippen molar-refractivity contribution in [1.29, 1.82) is 0 Å². The van der Waals surface area contributed by atoms with Gasteiger partial charge in [-0.05, 0) is 92.4 Å². The number of benzene rings is 2. The van der Waals surface area contributed by atoms with Crippen molar-refractivity contribution in [3.63, 3.8) is 0 Å². The SMILES string of the molecule is CC/C1=C(\CCc2cc(OC)c(OC)cc2CCN)CCc2ccccc2CCNC1. The van der Waals surface area contributed by atoms with E-state index in [-0.39, 0.29) is 0 Å². The van der Waals surface area contributed by atoms with Crippen LogP contribution in [0.25, 0.3) is 0 Å². The van der Waals surface area contributed by atoms with E-state index < -0.39 is 0 Å². The zero-order valence-electron chi connectivity index (χ0n) is 19.4. The predicted octanol–water partition coefficient (Wildman–Crippen LogP) is 4.62. The third-order valence-corrected chi connectivity index (χ3v) is 6.47. The molecule has 0 amide bonds. The Morgan fingerprint density at radius 3 is 2.10 bits per heavy atom. The van der Waals surface area contributed by atoms with Gasteiger partial charge in [0.05, 0.1) is 14.2 Å². The molecule has 0 radical (unpaired) electrons. The van der Waals surface area contributed by atoms with E-state index in [0.717, 1.165) is 69.5 Å². The van der Waals surface area contributed by atoms with E-state index in [1.54, 1.807) is 25.4 Å². The Balaban J connectivity index is 1.84. The van der Waals surface area contributed by atoms with E-state index in [1.807, 2.05) is 0 Å². The highest BCUT2D eigenvalue weighted by Gasteiger charge is 2.14. The summed E-state index contributed by atoms with van der Waals surface area (Å²) < 4.78 is 11.1. The molecule has 2 aromatic carbocycles. The van der Waals surface area contributed by atoms with E-state index in [1.165, 1.54) is 22.3 Å². The molecule has 1 heterocycles. The molecular weight excluding hydrogens is 384 g/mol. The lowest BCUT2D eigenvalue weighted by Crippen LogP contribution is -2.22. The van der Waals surface area contributed by atoms with Gasteiger partial charge in [0, 0.05) is 6.54 Å². The summed E-state index contributed by atoms with van der Waals surface area (Å²) in [6, 6.07) is 13.2. The largest absolute Gasteiger partial charge is 0.493 e. The quantitative estimate of drug-likeness (QED) is 0.610. The van der Waals surface area contributed by atoms with Crippen LogP contribution in [0.1, 0.15) is 48.4 Å². The molecule has 31 heavy (non-hydrogen) atoms. The van der Waals surface area contributed by atoms with E-state index in [9.17, 15) is 0 Å². The number of aryl methyl sites for hydroxylation is 2. The van der Waals surface area contributed by atoms with Gasteiger partial charge in [0.25, 0.3) is 0 Å². The zero-order chi connectivity index (χ0) is 22.1. The van der Waals surface area contributed by atoms with Crippen molar-refractivity contribution < 1.29 is 9.47 Å². The third-order valence-electron chi connectivity index (χ3n) is 6.47. The topological polar surface area (TPSA) is 56.5 Å². The van der Waals surface area contributed by atoms with Crippen molar-refractivity contribution in [3.8, 4) is 11.5 Å².